The van der Waals surface area contributed by atoms with Gasteiger partial charge in [0.1, 0.15) is 11.5 Å². The van der Waals surface area contributed by atoms with Crippen molar-refractivity contribution in [1.29, 1.82) is 0 Å². The molecule has 0 heterocycles. The van der Waals surface area contributed by atoms with Gasteiger partial charge in [-0.25, -0.2) is 0 Å². The number of nitrogens with zero attached hydrogens (tertiary/aromatic N) is 2. The van der Waals surface area contributed by atoms with Crippen LogP contribution < -0.4 is 11.1 Å². The van der Waals surface area contributed by atoms with Gasteiger partial charge in [0.25, 0.3) is 0 Å². The molecule has 4 aromatic rings. The number of nitrogens with two attached hydrogens (primary N) is 1. The number of phenolic OH excluding ortho intramolecular Hbond substituents is 2. The van der Waals surface area contributed by atoms with Crippen LogP contribution in [-0.2, 0) is 22.4 Å². The van der Waals surface area contributed by atoms with Crippen molar-refractivity contribution in [3.05, 3.63) is 129 Å². The third kappa shape index (κ3) is 15.6. The second kappa shape index (κ2) is 22.7. The van der Waals surface area contributed by atoms with Crippen molar-refractivity contribution in [3.63, 3.8) is 0 Å². The quantitative estimate of drug-likeness (QED) is 0.0717. The summed E-state index contributed by atoms with van der Waals surface area (Å²) in [5.74, 6) is 1.55. The molecule has 1 amide bonds. The number of rotatable bonds is 17. The molecular formula is C46H60Cl2N4O5. The Hall–Kier alpha value is -4.12. The first-order valence-corrected chi connectivity index (χ1v) is 20.6. The number of aromatic hydroxyl groups is 2. The average molecular weight is 820 g/mol. The summed E-state index contributed by atoms with van der Waals surface area (Å²) in [4.78, 5) is 27.5. The number of amides is 1. The number of halogens is 2. The van der Waals surface area contributed by atoms with Crippen LogP contribution in [-0.4, -0.2) is 90.4 Å². The number of carbonyl (C=O) groups excluding carboxylic acids is 1. The van der Waals surface area contributed by atoms with Crippen molar-refractivity contribution in [2.75, 3.05) is 41.3 Å². The molecule has 11 heteroatoms. The average Bonchev–Trinajstić information content (AvgIpc) is 4.12. The van der Waals surface area contributed by atoms with E-state index in [9.17, 15) is 19.8 Å². The Bertz CT molecular complexity index is 1840. The number of benzene rings is 4. The van der Waals surface area contributed by atoms with E-state index in [1.807, 2.05) is 88.9 Å². The van der Waals surface area contributed by atoms with Gasteiger partial charge >= 0.3 is 5.97 Å². The summed E-state index contributed by atoms with van der Waals surface area (Å²) in [5, 5.41) is 31.8. The molecule has 0 aromatic heterocycles. The predicted octanol–water partition coefficient (Wildman–Crippen LogP) is 8.35. The van der Waals surface area contributed by atoms with Crippen LogP contribution in [0.5, 0.6) is 11.5 Å². The number of hydrogen-bond donors (Lipinski definition) is 5. The number of aliphatic carboxylic acids is 1. The predicted molar refractivity (Wildman–Crippen MR) is 231 cm³/mol. The van der Waals surface area contributed by atoms with Crippen LogP contribution in [0.1, 0.15) is 72.6 Å². The largest absolute Gasteiger partial charge is 0.508 e. The van der Waals surface area contributed by atoms with Gasteiger partial charge in [-0.05, 0) is 137 Å². The monoisotopic (exact) mass is 818 g/mol. The molecule has 6 N–H and O–H groups in total. The van der Waals surface area contributed by atoms with Gasteiger partial charge < -0.3 is 36.2 Å². The van der Waals surface area contributed by atoms with E-state index in [1.54, 1.807) is 24.3 Å². The number of phenols is 2. The molecule has 9 nitrogen and oxygen atoms in total. The number of likely N-dealkylation sites (N-methyl/N-ethyl adjacent to an activating group) is 2. The zero-order chi connectivity index (χ0) is 41.5. The lowest BCUT2D eigenvalue weighted by atomic mass is 9.90. The van der Waals surface area contributed by atoms with Crippen molar-refractivity contribution in [1.82, 2.24) is 15.1 Å². The minimum Gasteiger partial charge on any atom is -0.508 e. The highest BCUT2D eigenvalue weighted by molar-refractivity contribution is 6.31. The zero-order valence-electron chi connectivity index (χ0n) is 33.7. The summed E-state index contributed by atoms with van der Waals surface area (Å²) >= 11 is 12.3. The summed E-state index contributed by atoms with van der Waals surface area (Å²) in [7, 11) is 7.99. The first kappa shape index (κ1) is 45.6. The zero-order valence-corrected chi connectivity index (χ0v) is 35.2. The first-order chi connectivity index (χ1) is 27.2. The second-order valence-electron chi connectivity index (χ2n) is 15.7. The van der Waals surface area contributed by atoms with Gasteiger partial charge in [-0.2, -0.15) is 0 Å². The molecule has 2 aliphatic carbocycles. The maximum atomic E-state index is 12.7. The van der Waals surface area contributed by atoms with Gasteiger partial charge in [0.05, 0.1) is 6.42 Å². The molecule has 4 atom stereocenters. The molecule has 57 heavy (non-hydrogen) atoms. The van der Waals surface area contributed by atoms with Gasteiger partial charge in [0, 0.05) is 41.6 Å². The normalized spacial score (nSPS) is 15.7. The smallest absolute Gasteiger partial charge is 0.303 e. The third-order valence-electron chi connectivity index (χ3n) is 10.9. The summed E-state index contributed by atoms with van der Waals surface area (Å²) < 4.78 is 0. The van der Waals surface area contributed by atoms with E-state index >= 15 is 0 Å². The molecule has 2 saturated carbocycles. The van der Waals surface area contributed by atoms with E-state index < -0.39 is 5.97 Å². The van der Waals surface area contributed by atoms with Crippen LogP contribution in [0.15, 0.2) is 97.1 Å². The van der Waals surface area contributed by atoms with Crippen molar-refractivity contribution < 1.29 is 24.9 Å². The molecule has 0 radical (unpaired) electrons. The van der Waals surface area contributed by atoms with E-state index in [1.165, 1.54) is 36.8 Å². The second-order valence-corrected chi connectivity index (χ2v) is 16.6. The van der Waals surface area contributed by atoms with Crippen molar-refractivity contribution >= 4 is 35.1 Å². The molecule has 0 bridgehead atoms. The highest BCUT2D eigenvalue weighted by atomic mass is 35.5. The lowest BCUT2D eigenvalue weighted by Crippen LogP contribution is -2.42. The maximum absolute atomic E-state index is 12.7. The number of carboxylic acid groups (broad SMARTS) is 1. The Morgan fingerprint density at radius 3 is 1.47 bits per heavy atom. The van der Waals surface area contributed by atoms with E-state index in [0.717, 1.165) is 17.5 Å². The Kier molecular flexibility index (Phi) is 18.2. The fourth-order valence-electron chi connectivity index (χ4n) is 7.03. The van der Waals surface area contributed by atoms with Gasteiger partial charge in [-0.15, -0.1) is 0 Å². The molecular weight excluding hydrogens is 759 g/mol. The van der Waals surface area contributed by atoms with Crippen molar-refractivity contribution in [3.8, 4) is 11.5 Å². The van der Waals surface area contributed by atoms with E-state index in [2.05, 4.69) is 27.2 Å². The van der Waals surface area contributed by atoms with Crippen LogP contribution in [0.4, 0.5) is 0 Å². The van der Waals surface area contributed by atoms with Crippen LogP contribution in [0.2, 0.25) is 10.0 Å². The van der Waals surface area contributed by atoms with Gasteiger partial charge in [-0.1, -0.05) is 96.0 Å². The van der Waals surface area contributed by atoms with E-state index in [0.29, 0.717) is 53.7 Å². The topological polar surface area (TPSA) is 139 Å². The SMILES string of the molecule is CN(C)[C@H](CN)Cc1ccc(O)cc1Cl.CN(C)[C@H](CNC(=O)C[C@H](c1ccccc1)C1CC1)Cc1ccc(O)cc1Cl.O=C(O)C[C@H](c1ccccc1)C1CC1. The fraction of sp³-hybridized carbons (Fsp3) is 0.435. The molecule has 0 aliphatic heterocycles. The lowest BCUT2D eigenvalue weighted by molar-refractivity contribution is -0.137. The standard InChI is InChI=1S/C23H29ClN2O2.C12H14O2.C11H17ClN2O/c1-26(2)19(12-18-10-11-20(27)13-22(18)24)15-25-23(28)14-21(17-8-9-17)16-6-4-3-5-7-16;13-12(14)8-11(10-6-7-10)9-4-2-1-3-5-9;1-14(2)9(7-13)5-8-3-4-10(15)6-11(8)12/h3-7,10-11,13,17,19,21,27H,8-9,12,14-15H2,1-2H3,(H,25,28);1-5,10-11H,6-8H2,(H,13,14);3-4,6,9,15H,5,7,13H2,1-2H3/t19-,21+;11-;9-/m010/s1. The molecule has 0 saturated heterocycles. The molecule has 0 spiro atoms. The minimum atomic E-state index is -0.689. The molecule has 2 aliphatic rings. The molecule has 308 valence electrons. The molecule has 2 fully saturated rings. The first-order valence-electron chi connectivity index (χ1n) is 19.8. The number of carbonyl (C=O) groups is 2. The fourth-order valence-corrected chi connectivity index (χ4v) is 7.53. The lowest BCUT2D eigenvalue weighted by Gasteiger charge is -2.26. The van der Waals surface area contributed by atoms with Crippen LogP contribution in [0.25, 0.3) is 0 Å². The number of hydrogen-bond acceptors (Lipinski definition) is 7. The maximum Gasteiger partial charge on any atom is 0.303 e. The Morgan fingerprint density at radius 1 is 0.684 bits per heavy atom. The number of nitrogens with one attached hydrogen (secondary N) is 1. The third-order valence-corrected chi connectivity index (χ3v) is 11.6. The van der Waals surface area contributed by atoms with Crippen LogP contribution in [0.3, 0.4) is 0 Å². The highest BCUT2D eigenvalue weighted by Crippen LogP contribution is 2.45. The summed E-state index contributed by atoms with van der Waals surface area (Å²) in [6.45, 7) is 1.15. The van der Waals surface area contributed by atoms with Gasteiger partial charge in [0.2, 0.25) is 5.91 Å². The highest BCUT2D eigenvalue weighted by Gasteiger charge is 2.34. The molecule has 4 aromatic carbocycles. The van der Waals surface area contributed by atoms with E-state index in [-0.39, 0.29) is 41.8 Å². The summed E-state index contributed by atoms with van der Waals surface area (Å²) in [6.07, 6.45) is 7.11. The van der Waals surface area contributed by atoms with Crippen molar-refractivity contribution in [2.24, 2.45) is 17.6 Å². The Labute approximate surface area is 348 Å². The van der Waals surface area contributed by atoms with Gasteiger partial charge in [-0.3, -0.25) is 9.59 Å². The summed E-state index contributed by atoms with van der Waals surface area (Å²) in [6, 6.07) is 30.8. The number of carboxylic acids is 1. The van der Waals surface area contributed by atoms with Crippen molar-refractivity contribution in [2.45, 2.75) is 75.3 Å². The van der Waals surface area contributed by atoms with E-state index in [4.69, 9.17) is 34.0 Å². The van der Waals surface area contributed by atoms with Crippen LogP contribution in [0, 0.1) is 11.8 Å². The molecule has 0 unspecified atom stereocenters. The molecule has 6 rings (SSSR count). The van der Waals surface area contributed by atoms with Gasteiger partial charge in [0.15, 0.2) is 0 Å². The minimum absolute atomic E-state index is 0.101. The summed E-state index contributed by atoms with van der Waals surface area (Å²) in [5.41, 5.74) is 10.1. The Balaban J connectivity index is 0.000000209. The Morgan fingerprint density at radius 2 is 1.11 bits per heavy atom. The van der Waals surface area contributed by atoms with Crippen LogP contribution >= 0.6 is 23.2 Å².